The summed E-state index contributed by atoms with van der Waals surface area (Å²) in [6, 6.07) is 11.1. The zero-order chi connectivity index (χ0) is 14.8. The number of amides is 1. The zero-order valence-electron chi connectivity index (χ0n) is 11.9. The van der Waals surface area contributed by atoms with Crippen LogP contribution < -0.4 is 11.1 Å². The van der Waals surface area contributed by atoms with Crippen molar-refractivity contribution >= 4 is 22.4 Å². The molecule has 3 rings (SSSR count). The molecule has 0 spiro atoms. The average Bonchev–Trinajstić information content (AvgIpc) is 2.49. The first-order chi connectivity index (χ1) is 10.1. The van der Waals surface area contributed by atoms with E-state index < -0.39 is 0 Å². The maximum absolute atomic E-state index is 12.4. The monoisotopic (exact) mass is 284 g/mol. The van der Waals surface area contributed by atoms with Gasteiger partial charge >= 0.3 is 0 Å². The van der Waals surface area contributed by atoms with Gasteiger partial charge in [-0.3, -0.25) is 4.79 Å². The van der Waals surface area contributed by atoms with Gasteiger partial charge in [-0.05, 0) is 37.8 Å². The standard InChI is InChI=1S/C17H20N2O2/c18-12-9-7-11(8-10-12)17(21)19-15-5-1-4-14-13(15)3-2-6-16(14)20/h1-6,11-12,20H,7-10,18H2,(H,19,21). The molecule has 0 aliphatic heterocycles. The van der Waals surface area contributed by atoms with Crippen LogP contribution in [0, 0.1) is 5.92 Å². The lowest BCUT2D eigenvalue weighted by Crippen LogP contribution is -2.32. The van der Waals surface area contributed by atoms with Crippen LogP contribution in [0.15, 0.2) is 36.4 Å². The third-order valence-corrected chi connectivity index (χ3v) is 4.30. The molecule has 4 heteroatoms. The van der Waals surface area contributed by atoms with E-state index in [1.807, 2.05) is 24.3 Å². The molecule has 0 atom stereocenters. The Kier molecular flexibility index (Phi) is 3.80. The molecule has 110 valence electrons. The van der Waals surface area contributed by atoms with E-state index in [-0.39, 0.29) is 23.6 Å². The number of carbonyl (C=O) groups excluding carboxylic acids is 1. The Morgan fingerprint density at radius 2 is 1.71 bits per heavy atom. The van der Waals surface area contributed by atoms with E-state index in [1.54, 1.807) is 12.1 Å². The number of carbonyl (C=O) groups is 1. The van der Waals surface area contributed by atoms with Gasteiger partial charge in [0.1, 0.15) is 5.75 Å². The molecule has 0 unspecified atom stereocenters. The maximum Gasteiger partial charge on any atom is 0.227 e. The molecule has 1 aliphatic carbocycles. The summed E-state index contributed by atoms with van der Waals surface area (Å²) in [5.74, 6) is 0.322. The number of hydrogen-bond donors (Lipinski definition) is 3. The summed E-state index contributed by atoms with van der Waals surface area (Å²) in [4.78, 5) is 12.4. The molecular formula is C17H20N2O2. The second kappa shape index (κ2) is 5.74. The van der Waals surface area contributed by atoms with Gasteiger partial charge in [-0.15, -0.1) is 0 Å². The number of anilines is 1. The van der Waals surface area contributed by atoms with Crippen LogP contribution in [-0.4, -0.2) is 17.1 Å². The van der Waals surface area contributed by atoms with Crippen LogP contribution in [0.25, 0.3) is 10.8 Å². The summed E-state index contributed by atoms with van der Waals surface area (Å²) < 4.78 is 0. The first-order valence-corrected chi connectivity index (χ1v) is 7.42. The fraction of sp³-hybridized carbons (Fsp3) is 0.353. The van der Waals surface area contributed by atoms with Crippen LogP contribution in [-0.2, 0) is 4.79 Å². The Morgan fingerprint density at radius 3 is 2.48 bits per heavy atom. The second-order valence-electron chi connectivity index (χ2n) is 5.78. The predicted octanol–water partition coefficient (Wildman–Crippen LogP) is 3.00. The summed E-state index contributed by atoms with van der Waals surface area (Å²) in [6.45, 7) is 0. The third kappa shape index (κ3) is 2.85. The van der Waals surface area contributed by atoms with E-state index in [4.69, 9.17) is 5.73 Å². The number of nitrogens with one attached hydrogen (secondary N) is 1. The summed E-state index contributed by atoms with van der Waals surface area (Å²) in [5.41, 5.74) is 6.63. The molecule has 0 aromatic heterocycles. The van der Waals surface area contributed by atoms with Gasteiger partial charge in [0.25, 0.3) is 0 Å². The summed E-state index contributed by atoms with van der Waals surface area (Å²) in [7, 11) is 0. The first kappa shape index (κ1) is 13.9. The molecule has 21 heavy (non-hydrogen) atoms. The van der Waals surface area contributed by atoms with Crippen LogP contribution in [0.5, 0.6) is 5.75 Å². The Morgan fingerprint density at radius 1 is 1.05 bits per heavy atom. The van der Waals surface area contributed by atoms with Crippen molar-refractivity contribution in [2.24, 2.45) is 11.7 Å². The van der Waals surface area contributed by atoms with Crippen molar-refractivity contribution in [3.8, 4) is 5.75 Å². The number of rotatable bonds is 2. The van der Waals surface area contributed by atoms with Gasteiger partial charge in [0, 0.05) is 28.4 Å². The molecule has 0 radical (unpaired) electrons. The molecule has 1 aliphatic rings. The van der Waals surface area contributed by atoms with Crippen molar-refractivity contribution in [1.29, 1.82) is 0 Å². The van der Waals surface area contributed by atoms with E-state index >= 15 is 0 Å². The number of hydrogen-bond acceptors (Lipinski definition) is 3. The lowest BCUT2D eigenvalue weighted by atomic mass is 9.86. The van der Waals surface area contributed by atoms with Gasteiger partial charge < -0.3 is 16.2 Å². The van der Waals surface area contributed by atoms with Crippen LogP contribution in [0.3, 0.4) is 0 Å². The summed E-state index contributed by atoms with van der Waals surface area (Å²) >= 11 is 0. The van der Waals surface area contributed by atoms with Gasteiger partial charge in [-0.1, -0.05) is 24.3 Å². The Balaban J connectivity index is 1.82. The van der Waals surface area contributed by atoms with Crippen LogP contribution in [0.4, 0.5) is 5.69 Å². The SMILES string of the molecule is NC1CCC(C(=O)Nc2cccc3c(O)cccc23)CC1. The summed E-state index contributed by atoms with van der Waals surface area (Å²) in [5, 5.41) is 14.5. The molecule has 0 bridgehead atoms. The van der Waals surface area contributed by atoms with Crippen LogP contribution in [0.1, 0.15) is 25.7 Å². The van der Waals surface area contributed by atoms with Crippen molar-refractivity contribution in [1.82, 2.24) is 0 Å². The molecule has 1 amide bonds. The number of aromatic hydroxyl groups is 1. The molecule has 0 saturated heterocycles. The van der Waals surface area contributed by atoms with Gasteiger partial charge in [-0.25, -0.2) is 0 Å². The molecule has 2 aromatic carbocycles. The van der Waals surface area contributed by atoms with Gasteiger partial charge in [0.05, 0.1) is 0 Å². The van der Waals surface area contributed by atoms with Crippen molar-refractivity contribution in [2.45, 2.75) is 31.7 Å². The smallest absolute Gasteiger partial charge is 0.227 e. The van der Waals surface area contributed by atoms with Crippen molar-refractivity contribution < 1.29 is 9.90 Å². The molecular weight excluding hydrogens is 264 g/mol. The quantitative estimate of drug-likeness (QED) is 0.793. The predicted molar refractivity (Wildman–Crippen MR) is 84.2 cm³/mol. The highest BCUT2D eigenvalue weighted by molar-refractivity contribution is 6.04. The zero-order valence-corrected chi connectivity index (χ0v) is 11.9. The molecule has 2 aromatic rings. The highest BCUT2D eigenvalue weighted by Crippen LogP contribution is 2.31. The van der Waals surface area contributed by atoms with E-state index in [0.29, 0.717) is 0 Å². The number of phenols is 1. The number of benzene rings is 2. The van der Waals surface area contributed by atoms with Crippen molar-refractivity contribution in [2.75, 3.05) is 5.32 Å². The van der Waals surface area contributed by atoms with Gasteiger partial charge in [0.15, 0.2) is 0 Å². The molecule has 1 fully saturated rings. The highest BCUT2D eigenvalue weighted by atomic mass is 16.3. The normalized spacial score (nSPS) is 22.1. The van der Waals surface area contributed by atoms with E-state index in [9.17, 15) is 9.90 Å². The van der Waals surface area contributed by atoms with E-state index in [1.165, 1.54) is 0 Å². The van der Waals surface area contributed by atoms with Crippen LogP contribution in [0.2, 0.25) is 0 Å². The van der Waals surface area contributed by atoms with E-state index in [2.05, 4.69) is 5.32 Å². The van der Waals surface area contributed by atoms with Crippen molar-refractivity contribution in [3.63, 3.8) is 0 Å². The molecule has 4 N–H and O–H groups in total. The average molecular weight is 284 g/mol. The summed E-state index contributed by atoms with van der Waals surface area (Å²) in [6.07, 6.45) is 3.52. The number of fused-ring (bicyclic) bond motifs is 1. The minimum atomic E-state index is 0.0392. The number of phenolic OH excluding ortho intramolecular Hbond substituents is 1. The largest absolute Gasteiger partial charge is 0.507 e. The Bertz CT molecular complexity index is 661. The van der Waals surface area contributed by atoms with Crippen LogP contribution >= 0.6 is 0 Å². The lowest BCUT2D eigenvalue weighted by Gasteiger charge is -2.25. The Hall–Kier alpha value is -2.07. The topological polar surface area (TPSA) is 75.4 Å². The van der Waals surface area contributed by atoms with E-state index in [0.717, 1.165) is 42.1 Å². The minimum absolute atomic E-state index is 0.0392. The molecule has 1 saturated carbocycles. The minimum Gasteiger partial charge on any atom is -0.507 e. The Labute approximate surface area is 124 Å². The lowest BCUT2D eigenvalue weighted by molar-refractivity contribution is -0.120. The molecule has 0 heterocycles. The third-order valence-electron chi connectivity index (χ3n) is 4.30. The number of nitrogens with two attached hydrogens (primary N) is 1. The van der Waals surface area contributed by atoms with Gasteiger partial charge in [0.2, 0.25) is 5.91 Å². The second-order valence-corrected chi connectivity index (χ2v) is 5.78. The fourth-order valence-corrected chi connectivity index (χ4v) is 3.02. The molecule has 4 nitrogen and oxygen atoms in total. The van der Waals surface area contributed by atoms with Crippen molar-refractivity contribution in [3.05, 3.63) is 36.4 Å². The maximum atomic E-state index is 12.4. The van der Waals surface area contributed by atoms with Gasteiger partial charge in [-0.2, -0.15) is 0 Å². The fourth-order valence-electron chi connectivity index (χ4n) is 3.02. The highest BCUT2D eigenvalue weighted by Gasteiger charge is 2.24. The first-order valence-electron chi connectivity index (χ1n) is 7.42.